The monoisotopic (exact) mass is 285 g/mol. The lowest BCUT2D eigenvalue weighted by molar-refractivity contribution is -0.124. The molecule has 16 heavy (non-hydrogen) atoms. The maximum Gasteiger partial charge on any atom is 0.245 e. The van der Waals surface area contributed by atoms with Crippen LogP contribution in [0.3, 0.4) is 0 Å². The van der Waals surface area contributed by atoms with Gasteiger partial charge in [-0.2, -0.15) is 0 Å². The van der Waals surface area contributed by atoms with Gasteiger partial charge in [-0.3, -0.25) is 4.79 Å². The number of hydrogen-bond acceptors (Lipinski definition) is 2. The van der Waals surface area contributed by atoms with E-state index in [1.54, 1.807) is 0 Å². The summed E-state index contributed by atoms with van der Waals surface area (Å²) >= 11 is 3.38. The summed E-state index contributed by atoms with van der Waals surface area (Å²) in [7, 11) is 0. The second-order valence-corrected chi connectivity index (χ2v) is 5.24. The maximum atomic E-state index is 11.0. The fourth-order valence-electron chi connectivity index (χ4n) is 1.38. The molecule has 2 N–H and O–H groups in total. The van der Waals surface area contributed by atoms with Crippen molar-refractivity contribution >= 4 is 21.8 Å². The Balaban J connectivity index is 2.69. The third-order valence-electron chi connectivity index (χ3n) is 2.50. The molecule has 0 atom stereocenters. The van der Waals surface area contributed by atoms with E-state index in [-0.39, 0.29) is 11.3 Å². The van der Waals surface area contributed by atoms with Gasteiger partial charge in [-0.05, 0) is 17.7 Å². The van der Waals surface area contributed by atoms with E-state index in [1.165, 1.54) is 0 Å². The SMILES string of the molecule is CC(C)(CNC(=O)CO)c1ccc(Br)cc1. The van der Waals surface area contributed by atoms with Gasteiger partial charge in [-0.15, -0.1) is 0 Å². The molecular formula is C12H16BrNO2. The van der Waals surface area contributed by atoms with E-state index in [2.05, 4.69) is 21.2 Å². The average molecular weight is 286 g/mol. The molecule has 0 bridgehead atoms. The lowest BCUT2D eigenvalue weighted by atomic mass is 9.84. The Morgan fingerprint density at radius 2 is 1.94 bits per heavy atom. The maximum absolute atomic E-state index is 11.0. The van der Waals surface area contributed by atoms with Crippen molar-refractivity contribution in [1.82, 2.24) is 5.32 Å². The number of aliphatic hydroxyl groups excluding tert-OH is 1. The van der Waals surface area contributed by atoms with Crippen molar-refractivity contribution in [3.8, 4) is 0 Å². The summed E-state index contributed by atoms with van der Waals surface area (Å²) in [4.78, 5) is 11.0. The highest BCUT2D eigenvalue weighted by Crippen LogP contribution is 2.23. The zero-order chi connectivity index (χ0) is 12.2. The summed E-state index contributed by atoms with van der Waals surface area (Å²) in [5, 5.41) is 11.3. The van der Waals surface area contributed by atoms with E-state index in [0.717, 1.165) is 10.0 Å². The lowest BCUT2D eigenvalue weighted by Crippen LogP contribution is -2.37. The highest BCUT2D eigenvalue weighted by Gasteiger charge is 2.20. The zero-order valence-corrected chi connectivity index (χ0v) is 11.0. The van der Waals surface area contributed by atoms with Crippen LogP contribution in [0.15, 0.2) is 28.7 Å². The molecule has 88 valence electrons. The van der Waals surface area contributed by atoms with Gasteiger partial charge in [0.15, 0.2) is 0 Å². The number of nitrogens with one attached hydrogen (secondary N) is 1. The third kappa shape index (κ3) is 3.61. The molecule has 0 saturated heterocycles. The van der Waals surface area contributed by atoms with Crippen molar-refractivity contribution in [3.63, 3.8) is 0 Å². The van der Waals surface area contributed by atoms with Crippen LogP contribution in [0.5, 0.6) is 0 Å². The molecule has 0 fully saturated rings. The summed E-state index contributed by atoms with van der Waals surface area (Å²) in [5.74, 6) is -0.342. The molecule has 0 spiro atoms. The fraction of sp³-hybridized carbons (Fsp3) is 0.417. The summed E-state index contributed by atoms with van der Waals surface area (Å²) in [6.07, 6.45) is 0. The van der Waals surface area contributed by atoms with Gasteiger partial charge >= 0.3 is 0 Å². The molecule has 0 radical (unpaired) electrons. The smallest absolute Gasteiger partial charge is 0.245 e. The standard InChI is InChI=1S/C12H16BrNO2/c1-12(2,8-14-11(16)7-15)9-3-5-10(13)6-4-9/h3-6,15H,7-8H2,1-2H3,(H,14,16). The average Bonchev–Trinajstić information content (AvgIpc) is 2.26. The van der Waals surface area contributed by atoms with Crippen molar-refractivity contribution in [2.24, 2.45) is 0 Å². The predicted molar refractivity (Wildman–Crippen MR) is 67.3 cm³/mol. The molecule has 0 unspecified atom stereocenters. The molecular weight excluding hydrogens is 270 g/mol. The molecule has 1 rings (SSSR count). The molecule has 0 aliphatic carbocycles. The van der Waals surface area contributed by atoms with Crippen LogP contribution in [0.2, 0.25) is 0 Å². The number of aliphatic hydroxyl groups is 1. The Bertz CT molecular complexity index is 360. The number of amides is 1. The van der Waals surface area contributed by atoms with Crippen molar-refractivity contribution in [2.75, 3.05) is 13.2 Å². The summed E-state index contributed by atoms with van der Waals surface area (Å²) in [5.41, 5.74) is 1.000. The number of benzene rings is 1. The first-order valence-corrected chi connectivity index (χ1v) is 5.88. The molecule has 1 amide bonds. The van der Waals surface area contributed by atoms with E-state index in [9.17, 15) is 4.79 Å². The fourth-order valence-corrected chi connectivity index (χ4v) is 1.64. The van der Waals surface area contributed by atoms with E-state index in [1.807, 2.05) is 38.1 Å². The highest BCUT2D eigenvalue weighted by atomic mass is 79.9. The first-order chi connectivity index (χ1) is 7.45. The Labute approximate surface area is 104 Å². The molecule has 0 aliphatic rings. The number of halogens is 1. The first-order valence-electron chi connectivity index (χ1n) is 5.09. The van der Waals surface area contributed by atoms with Gasteiger partial charge in [-0.25, -0.2) is 0 Å². The zero-order valence-electron chi connectivity index (χ0n) is 9.46. The van der Waals surface area contributed by atoms with Gasteiger partial charge < -0.3 is 10.4 Å². The minimum Gasteiger partial charge on any atom is -0.387 e. The van der Waals surface area contributed by atoms with Crippen LogP contribution in [0.1, 0.15) is 19.4 Å². The second-order valence-electron chi connectivity index (χ2n) is 4.33. The molecule has 4 heteroatoms. The molecule has 0 aliphatic heterocycles. The Hall–Kier alpha value is -0.870. The molecule has 1 aromatic rings. The first kappa shape index (κ1) is 13.2. The van der Waals surface area contributed by atoms with Gasteiger partial charge in [-0.1, -0.05) is 41.9 Å². The second kappa shape index (κ2) is 5.46. The Kier molecular flexibility index (Phi) is 4.50. The summed E-state index contributed by atoms with van der Waals surface area (Å²) < 4.78 is 1.03. The highest BCUT2D eigenvalue weighted by molar-refractivity contribution is 9.10. The molecule has 1 aromatic carbocycles. The van der Waals surface area contributed by atoms with Gasteiger partial charge in [0.1, 0.15) is 6.61 Å². The van der Waals surface area contributed by atoms with Gasteiger partial charge in [0.05, 0.1) is 0 Å². The van der Waals surface area contributed by atoms with Crippen LogP contribution < -0.4 is 5.32 Å². The Morgan fingerprint density at radius 1 is 1.38 bits per heavy atom. The van der Waals surface area contributed by atoms with Gasteiger partial charge in [0.2, 0.25) is 5.91 Å². The number of hydrogen-bond donors (Lipinski definition) is 2. The van der Waals surface area contributed by atoms with E-state index in [4.69, 9.17) is 5.11 Å². The predicted octanol–water partition coefficient (Wildman–Crippen LogP) is 1.84. The molecule has 3 nitrogen and oxygen atoms in total. The minimum absolute atomic E-state index is 0.147. The number of carbonyl (C=O) groups is 1. The normalized spacial score (nSPS) is 11.2. The van der Waals surface area contributed by atoms with Crippen LogP contribution in [-0.4, -0.2) is 24.2 Å². The van der Waals surface area contributed by atoms with Crippen LogP contribution >= 0.6 is 15.9 Å². The van der Waals surface area contributed by atoms with Crippen LogP contribution in [0.25, 0.3) is 0 Å². The summed E-state index contributed by atoms with van der Waals surface area (Å²) in [6.45, 7) is 4.15. The number of rotatable bonds is 4. The van der Waals surface area contributed by atoms with Crippen molar-refractivity contribution in [3.05, 3.63) is 34.3 Å². The number of carbonyl (C=O) groups excluding carboxylic acids is 1. The third-order valence-corrected chi connectivity index (χ3v) is 3.03. The van der Waals surface area contributed by atoms with Gasteiger partial charge in [0.25, 0.3) is 0 Å². The largest absolute Gasteiger partial charge is 0.387 e. The lowest BCUT2D eigenvalue weighted by Gasteiger charge is -2.25. The van der Waals surface area contributed by atoms with E-state index in [0.29, 0.717) is 6.54 Å². The molecule has 0 heterocycles. The topological polar surface area (TPSA) is 49.3 Å². The van der Waals surface area contributed by atoms with E-state index < -0.39 is 6.61 Å². The molecule has 0 aromatic heterocycles. The summed E-state index contributed by atoms with van der Waals surface area (Å²) in [6, 6.07) is 8.00. The van der Waals surface area contributed by atoms with Crippen LogP contribution in [0.4, 0.5) is 0 Å². The van der Waals surface area contributed by atoms with Crippen molar-refractivity contribution < 1.29 is 9.90 Å². The van der Waals surface area contributed by atoms with E-state index >= 15 is 0 Å². The minimum atomic E-state index is -0.462. The van der Waals surface area contributed by atoms with Crippen LogP contribution in [-0.2, 0) is 10.2 Å². The molecule has 0 saturated carbocycles. The Morgan fingerprint density at radius 3 is 2.44 bits per heavy atom. The van der Waals surface area contributed by atoms with Gasteiger partial charge in [0, 0.05) is 16.4 Å². The van der Waals surface area contributed by atoms with Crippen molar-refractivity contribution in [1.29, 1.82) is 0 Å². The van der Waals surface area contributed by atoms with Crippen LogP contribution in [0, 0.1) is 0 Å². The van der Waals surface area contributed by atoms with Crippen molar-refractivity contribution in [2.45, 2.75) is 19.3 Å². The quantitative estimate of drug-likeness (QED) is 0.887.